The molecule has 0 bridgehead atoms. The van der Waals surface area contributed by atoms with E-state index in [-0.39, 0.29) is 5.91 Å². The molecule has 0 saturated carbocycles. The van der Waals surface area contributed by atoms with Crippen LogP contribution in [0.2, 0.25) is 0 Å². The number of hydrogen-bond acceptors (Lipinski definition) is 1. The van der Waals surface area contributed by atoms with Crippen LogP contribution >= 0.6 is 0 Å². The summed E-state index contributed by atoms with van der Waals surface area (Å²) in [6, 6.07) is 18.3. The second-order valence-electron chi connectivity index (χ2n) is 6.27. The van der Waals surface area contributed by atoms with E-state index in [1.807, 2.05) is 47.4 Å². The maximum atomic E-state index is 12.6. The summed E-state index contributed by atoms with van der Waals surface area (Å²) in [6.07, 6.45) is 3.47. The van der Waals surface area contributed by atoms with Crippen LogP contribution in [0.4, 0.5) is 0 Å². The van der Waals surface area contributed by atoms with Crippen LogP contribution in [0.25, 0.3) is 11.1 Å². The largest absolute Gasteiger partial charge is 0.339 e. The predicted molar refractivity (Wildman–Crippen MR) is 90.8 cm³/mol. The number of nitrogens with zero attached hydrogens (tertiary/aromatic N) is 1. The molecule has 114 valence electrons. The lowest BCUT2D eigenvalue weighted by atomic mass is 10.0. The molecule has 1 amide bonds. The zero-order chi connectivity index (χ0) is 15.4. The van der Waals surface area contributed by atoms with Crippen LogP contribution in [-0.2, 0) is 0 Å². The molecule has 3 rings (SSSR count). The van der Waals surface area contributed by atoms with Gasteiger partial charge in [-0.2, -0.15) is 0 Å². The lowest BCUT2D eigenvalue weighted by Gasteiger charge is -2.20. The molecule has 1 aliphatic heterocycles. The molecule has 1 saturated heterocycles. The molecule has 0 aromatic heterocycles. The minimum Gasteiger partial charge on any atom is -0.339 e. The topological polar surface area (TPSA) is 20.3 Å². The SMILES string of the molecule is CC1CCCN(C(=O)c2ccc(-c3ccccc3)cc2)CC1. The Bertz CT molecular complexity index is 618. The Balaban J connectivity index is 1.73. The lowest BCUT2D eigenvalue weighted by molar-refractivity contribution is 0.0760. The van der Waals surface area contributed by atoms with Crippen LogP contribution in [0.15, 0.2) is 54.6 Å². The first-order valence-electron chi connectivity index (χ1n) is 8.19. The van der Waals surface area contributed by atoms with E-state index < -0.39 is 0 Å². The van der Waals surface area contributed by atoms with Crippen molar-refractivity contribution >= 4 is 5.91 Å². The molecule has 0 N–H and O–H groups in total. The van der Waals surface area contributed by atoms with E-state index in [0.717, 1.165) is 43.0 Å². The minimum absolute atomic E-state index is 0.175. The Morgan fingerprint density at radius 1 is 0.909 bits per heavy atom. The summed E-state index contributed by atoms with van der Waals surface area (Å²) < 4.78 is 0. The van der Waals surface area contributed by atoms with Gasteiger partial charge in [0.1, 0.15) is 0 Å². The van der Waals surface area contributed by atoms with Crippen molar-refractivity contribution in [2.45, 2.75) is 26.2 Å². The fourth-order valence-corrected chi connectivity index (χ4v) is 3.08. The molecule has 2 aromatic carbocycles. The Hall–Kier alpha value is -2.09. The molecule has 0 aliphatic carbocycles. The van der Waals surface area contributed by atoms with Crippen molar-refractivity contribution in [1.29, 1.82) is 0 Å². The van der Waals surface area contributed by atoms with E-state index >= 15 is 0 Å². The highest BCUT2D eigenvalue weighted by molar-refractivity contribution is 5.94. The highest BCUT2D eigenvalue weighted by Crippen LogP contribution is 2.21. The average Bonchev–Trinajstić information content (AvgIpc) is 2.80. The van der Waals surface area contributed by atoms with E-state index in [1.54, 1.807) is 0 Å². The van der Waals surface area contributed by atoms with Gasteiger partial charge in [0.05, 0.1) is 0 Å². The third-order valence-electron chi connectivity index (χ3n) is 4.54. The maximum Gasteiger partial charge on any atom is 0.253 e. The summed E-state index contributed by atoms with van der Waals surface area (Å²) >= 11 is 0. The normalized spacial score (nSPS) is 18.8. The van der Waals surface area contributed by atoms with Crippen LogP contribution in [0.5, 0.6) is 0 Å². The maximum absolute atomic E-state index is 12.6. The predicted octanol–water partition coefficient (Wildman–Crippen LogP) is 4.62. The van der Waals surface area contributed by atoms with Crippen LogP contribution in [-0.4, -0.2) is 23.9 Å². The van der Waals surface area contributed by atoms with Crippen LogP contribution in [0, 0.1) is 5.92 Å². The van der Waals surface area contributed by atoms with Crippen molar-refractivity contribution < 1.29 is 4.79 Å². The molecular formula is C20H23NO. The van der Waals surface area contributed by atoms with Gasteiger partial charge in [0, 0.05) is 18.7 Å². The number of rotatable bonds is 2. The molecule has 1 atom stereocenters. The Morgan fingerprint density at radius 3 is 2.32 bits per heavy atom. The molecule has 1 aliphatic rings. The molecule has 0 spiro atoms. The first kappa shape index (κ1) is 14.8. The van der Waals surface area contributed by atoms with E-state index in [4.69, 9.17) is 0 Å². The van der Waals surface area contributed by atoms with Gasteiger partial charge in [0.25, 0.3) is 5.91 Å². The smallest absolute Gasteiger partial charge is 0.253 e. The van der Waals surface area contributed by atoms with Crippen LogP contribution in [0.1, 0.15) is 36.5 Å². The van der Waals surface area contributed by atoms with Gasteiger partial charge in [-0.05, 0) is 48.4 Å². The van der Waals surface area contributed by atoms with Gasteiger partial charge in [-0.25, -0.2) is 0 Å². The summed E-state index contributed by atoms with van der Waals surface area (Å²) in [5, 5.41) is 0. The van der Waals surface area contributed by atoms with E-state index in [9.17, 15) is 4.79 Å². The monoisotopic (exact) mass is 293 g/mol. The molecule has 2 heteroatoms. The molecule has 0 radical (unpaired) electrons. The van der Waals surface area contributed by atoms with Crippen molar-refractivity contribution in [3.8, 4) is 11.1 Å². The molecule has 1 heterocycles. The highest BCUT2D eigenvalue weighted by atomic mass is 16.2. The van der Waals surface area contributed by atoms with E-state index in [0.29, 0.717) is 0 Å². The van der Waals surface area contributed by atoms with Gasteiger partial charge in [-0.3, -0.25) is 4.79 Å². The van der Waals surface area contributed by atoms with Crippen molar-refractivity contribution in [3.05, 3.63) is 60.2 Å². The second-order valence-corrected chi connectivity index (χ2v) is 6.27. The summed E-state index contributed by atoms with van der Waals surface area (Å²) in [5.41, 5.74) is 3.14. The standard InChI is InChI=1S/C20H23NO/c1-16-6-5-14-21(15-13-16)20(22)19-11-9-18(10-12-19)17-7-3-2-4-8-17/h2-4,7-12,16H,5-6,13-15H2,1H3. The molecule has 2 aromatic rings. The second kappa shape index (κ2) is 6.78. The van der Waals surface area contributed by atoms with E-state index in [1.165, 1.54) is 12.0 Å². The average molecular weight is 293 g/mol. The number of benzene rings is 2. The lowest BCUT2D eigenvalue weighted by Crippen LogP contribution is -2.31. The van der Waals surface area contributed by atoms with Crippen molar-refractivity contribution in [1.82, 2.24) is 4.90 Å². The van der Waals surface area contributed by atoms with Gasteiger partial charge in [-0.1, -0.05) is 49.4 Å². The number of carbonyl (C=O) groups excluding carboxylic acids is 1. The van der Waals surface area contributed by atoms with Crippen LogP contribution in [0.3, 0.4) is 0 Å². The number of likely N-dealkylation sites (tertiary alicyclic amines) is 1. The first-order valence-corrected chi connectivity index (χ1v) is 8.19. The van der Waals surface area contributed by atoms with Crippen molar-refractivity contribution in [2.75, 3.05) is 13.1 Å². The van der Waals surface area contributed by atoms with Crippen LogP contribution < -0.4 is 0 Å². The van der Waals surface area contributed by atoms with Gasteiger partial charge in [0.15, 0.2) is 0 Å². The van der Waals surface area contributed by atoms with Crippen molar-refractivity contribution in [2.24, 2.45) is 5.92 Å². The Labute approximate surface area is 132 Å². The van der Waals surface area contributed by atoms with Gasteiger partial charge in [0.2, 0.25) is 0 Å². The molecular weight excluding hydrogens is 270 g/mol. The fraction of sp³-hybridized carbons (Fsp3) is 0.350. The Morgan fingerprint density at radius 2 is 1.59 bits per heavy atom. The molecule has 2 nitrogen and oxygen atoms in total. The van der Waals surface area contributed by atoms with Gasteiger partial charge >= 0.3 is 0 Å². The zero-order valence-corrected chi connectivity index (χ0v) is 13.2. The van der Waals surface area contributed by atoms with Gasteiger partial charge < -0.3 is 4.90 Å². The number of hydrogen-bond donors (Lipinski definition) is 0. The first-order chi connectivity index (χ1) is 10.7. The molecule has 1 fully saturated rings. The molecule has 22 heavy (non-hydrogen) atoms. The third kappa shape index (κ3) is 3.38. The number of amides is 1. The fourth-order valence-electron chi connectivity index (χ4n) is 3.08. The summed E-state index contributed by atoms with van der Waals surface area (Å²) in [6.45, 7) is 4.06. The highest BCUT2D eigenvalue weighted by Gasteiger charge is 2.19. The molecule has 1 unspecified atom stereocenters. The van der Waals surface area contributed by atoms with E-state index in [2.05, 4.69) is 19.1 Å². The minimum atomic E-state index is 0.175. The Kier molecular flexibility index (Phi) is 4.57. The quantitative estimate of drug-likeness (QED) is 0.791. The van der Waals surface area contributed by atoms with Gasteiger partial charge in [-0.15, -0.1) is 0 Å². The zero-order valence-electron chi connectivity index (χ0n) is 13.2. The third-order valence-corrected chi connectivity index (χ3v) is 4.54. The summed E-state index contributed by atoms with van der Waals surface area (Å²) in [4.78, 5) is 14.6. The van der Waals surface area contributed by atoms with Crippen molar-refractivity contribution in [3.63, 3.8) is 0 Å². The number of carbonyl (C=O) groups is 1. The summed E-state index contributed by atoms with van der Waals surface area (Å²) in [5.74, 6) is 0.909. The summed E-state index contributed by atoms with van der Waals surface area (Å²) in [7, 11) is 0.